The van der Waals surface area contributed by atoms with Crippen LogP contribution in [-0.4, -0.2) is 9.97 Å². The molecule has 0 aliphatic carbocycles. The van der Waals surface area contributed by atoms with Gasteiger partial charge in [-0.1, -0.05) is 6.07 Å². The Labute approximate surface area is 124 Å². The van der Waals surface area contributed by atoms with Crippen molar-refractivity contribution in [3.8, 4) is 0 Å². The maximum Gasteiger partial charge on any atom is 0.225 e. The zero-order valence-corrected chi connectivity index (χ0v) is 12.4. The predicted molar refractivity (Wildman–Crippen MR) is 81.6 cm³/mol. The van der Waals surface area contributed by atoms with Crippen LogP contribution >= 0.6 is 22.9 Å². The highest BCUT2D eigenvalue weighted by molar-refractivity contribution is 7.18. The topological polar surface area (TPSA) is 37.8 Å². The molecule has 2 heterocycles. The molecule has 1 N–H and O–H groups in total. The minimum Gasteiger partial charge on any atom is -0.339 e. The molecule has 0 spiro atoms. The van der Waals surface area contributed by atoms with Crippen molar-refractivity contribution in [3.63, 3.8) is 0 Å². The van der Waals surface area contributed by atoms with Gasteiger partial charge < -0.3 is 5.32 Å². The fourth-order valence-corrected chi connectivity index (χ4v) is 3.08. The number of benzene rings is 1. The molecule has 0 fully saturated rings. The van der Waals surface area contributed by atoms with Gasteiger partial charge in [-0.2, -0.15) is 4.98 Å². The second-order valence-corrected chi connectivity index (χ2v) is 6.03. The lowest BCUT2D eigenvalue weighted by molar-refractivity contribution is 0.619. The first-order valence-electron chi connectivity index (χ1n) is 6.00. The maximum absolute atomic E-state index is 13.6. The highest BCUT2D eigenvalue weighted by atomic mass is 35.5. The number of aryl methyl sites for hydroxylation is 1. The molecular weight excluding hydrogens is 297 g/mol. The molecule has 0 amide bonds. The lowest BCUT2D eigenvalue weighted by atomic mass is 10.2. The molecule has 0 atom stereocenters. The summed E-state index contributed by atoms with van der Waals surface area (Å²) in [4.78, 5) is 10.3. The first kappa shape index (κ1) is 13.3. The van der Waals surface area contributed by atoms with E-state index in [1.54, 1.807) is 30.4 Å². The first-order valence-corrected chi connectivity index (χ1v) is 7.20. The van der Waals surface area contributed by atoms with E-state index in [4.69, 9.17) is 11.6 Å². The molecule has 0 aliphatic heterocycles. The van der Waals surface area contributed by atoms with E-state index < -0.39 is 0 Å². The Hall–Kier alpha value is -1.72. The van der Waals surface area contributed by atoms with Gasteiger partial charge in [-0.15, -0.1) is 11.3 Å². The highest BCUT2D eigenvalue weighted by Gasteiger charge is 2.11. The van der Waals surface area contributed by atoms with Crippen LogP contribution in [0.4, 0.5) is 15.9 Å². The fraction of sp³-hybridized carbons (Fsp3) is 0.143. The number of rotatable bonds is 2. The molecule has 2 aromatic heterocycles. The Morgan fingerprint density at radius 3 is 2.85 bits per heavy atom. The predicted octanol–water partition coefficient (Wildman–Crippen LogP) is 4.84. The van der Waals surface area contributed by atoms with Gasteiger partial charge in [-0.05, 0) is 43.6 Å². The Bertz CT molecular complexity index is 800. The number of fused-ring (bicyclic) bond motifs is 1. The van der Waals surface area contributed by atoms with Gasteiger partial charge in [0.1, 0.15) is 16.5 Å². The highest BCUT2D eigenvalue weighted by Crippen LogP contribution is 2.32. The number of hydrogen-bond acceptors (Lipinski definition) is 4. The van der Waals surface area contributed by atoms with Gasteiger partial charge in [0.15, 0.2) is 0 Å². The number of anilines is 2. The Morgan fingerprint density at radius 1 is 1.25 bits per heavy atom. The molecule has 0 saturated heterocycles. The molecule has 0 bridgehead atoms. The van der Waals surface area contributed by atoms with Crippen molar-refractivity contribution in [2.75, 3.05) is 5.32 Å². The average Bonchev–Trinajstić information content (AvgIpc) is 2.75. The lowest BCUT2D eigenvalue weighted by Crippen LogP contribution is -1.98. The van der Waals surface area contributed by atoms with E-state index in [1.165, 1.54) is 6.07 Å². The number of thiophene rings is 1. The second kappa shape index (κ2) is 5.00. The quantitative estimate of drug-likeness (QED) is 0.688. The van der Waals surface area contributed by atoms with Crippen LogP contribution in [0.15, 0.2) is 24.3 Å². The summed E-state index contributed by atoms with van der Waals surface area (Å²) >= 11 is 7.49. The Morgan fingerprint density at radius 2 is 2.05 bits per heavy atom. The summed E-state index contributed by atoms with van der Waals surface area (Å²) in [5.41, 5.74) is 1.22. The van der Waals surface area contributed by atoms with E-state index in [9.17, 15) is 4.39 Å². The number of hydrogen-bond donors (Lipinski definition) is 1. The molecular formula is C14H11ClFN3S. The van der Waals surface area contributed by atoms with Crippen LogP contribution in [0.3, 0.4) is 0 Å². The van der Waals surface area contributed by atoms with Gasteiger partial charge in [0.2, 0.25) is 5.28 Å². The van der Waals surface area contributed by atoms with E-state index in [0.717, 1.165) is 15.1 Å². The van der Waals surface area contributed by atoms with E-state index >= 15 is 0 Å². The first-order chi connectivity index (χ1) is 9.54. The summed E-state index contributed by atoms with van der Waals surface area (Å²) in [6.45, 7) is 3.72. The molecule has 3 nitrogen and oxygen atoms in total. The summed E-state index contributed by atoms with van der Waals surface area (Å²) < 4.78 is 13.6. The van der Waals surface area contributed by atoms with Crippen molar-refractivity contribution in [2.24, 2.45) is 0 Å². The summed E-state index contributed by atoms with van der Waals surface area (Å²) in [5, 5.41) is 4.21. The SMILES string of the molecule is Cc1cc2c(Nc3cccc(F)c3C)nc(Cl)nc2s1. The molecule has 1 aromatic carbocycles. The van der Waals surface area contributed by atoms with Gasteiger partial charge >= 0.3 is 0 Å². The third-order valence-electron chi connectivity index (χ3n) is 3.01. The molecule has 6 heteroatoms. The minimum atomic E-state index is -0.257. The third-order valence-corrected chi connectivity index (χ3v) is 4.12. The number of halogens is 2. The summed E-state index contributed by atoms with van der Waals surface area (Å²) in [6, 6.07) is 6.88. The zero-order chi connectivity index (χ0) is 14.3. The van der Waals surface area contributed by atoms with Crippen LogP contribution < -0.4 is 5.32 Å². The molecule has 0 unspecified atom stereocenters. The summed E-state index contributed by atoms with van der Waals surface area (Å²) in [7, 11) is 0. The summed E-state index contributed by atoms with van der Waals surface area (Å²) in [6.07, 6.45) is 0. The molecule has 0 saturated carbocycles. The van der Waals surface area contributed by atoms with Crippen LogP contribution in [0.2, 0.25) is 5.28 Å². The molecule has 3 aromatic rings. The van der Waals surface area contributed by atoms with Crippen molar-refractivity contribution in [1.29, 1.82) is 0 Å². The van der Waals surface area contributed by atoms with Crippen LogP contribution in [0.1, 0.15) is 10.4 Å². The maximum atomic E-state index is 13.6. The number of aromatic nitrogens is 2. The van der Waals surface area contributed by atoms with E-state index in [-0.39, 0.29) is 11.1 Å². The molecule has 0 aliphatic rings. The second-order valence-electron chi connectivity index (χ2n) is 4.45. The molecule has 20 heavy (non-hydrogen) atoms. The number of nitrogens with one attached hydrogen (secondary N) is 1. The van der Waals surface area contributed by atoms with Crippen LogP contribution in [0, 0.1) is 19.7 Å². The Kier molecular flexibility index (Phi) is 3.31. The van der Waals surface area contributed by atoms with Crippen LogP contribution in [0.25, 0.3) is 10.2 Å². The largest absolute Gasteiger partial charge is 0.339 e. The Balaban J connectivity index is 2.12. The lowest BCUT2D eigenvalue weighted by Gasteiger charge is -2.10. The van der Waals surface area contributed by atoms with Crippen molar-refractivity contribution in [2.45, 2.75) is 13.8 Å². The smallest absolute Gasteiger partial charge is 0.225 e. The van der Waals surface area contributed by atoms with E-state index in [2.05, 4.69) is 15.3 Å². The minimum absolute atomic E-state index is 0.177. The van der Waals surface area contributed by atoms with Crippen LogP contribution in [0.5, 0.6) is 0 Å². The summed E-state index contributed by atoms with van der Waals surface area (Å²) in [5.74, 6) is 0.339. The zero-order valence-electron chi connectivity index (χ0n) is 10.9. The average molecular weight is 308 g/mol. The monoisotopic (exact) mass is 307 g/mol. The van der Waals surface area contributed by atoms with Gasteiger partial charge in [0, 0.05) is 16.1 Å². The van der Waals surface area contributed by atoms with Crippen molar-refractivity contribution >= 4 is 44.7 Å². The van der Waals surface area contributed by atoms with E-state index in [1.807, 2.05) is 13.0 Å². The van der Waals surface area contributed by atoms with Gasteiger partial charge in [0.25, 0.3) is 0 Å². The fourth-order valence-electron chi connectivity index (χ4n) is 1.98. The van der Waals surface area contributed by atoms with Crippen molar-refractivity contribution in [1.82, 2.24) is 9.97 Å². The van der Waals surface area contributed by atoms with Crippen molar-refractivity contribution in [3.05, 3.63) is 45.8 Å². The van der Waals surface area contributed by atoms with Crippen LogP contribution in [-0.2, 0) is 0 Å². The molecule has 3 rings (SSSR count). The number of nitrogens with zero attached hydrogens (tertiary/aromatic N) is 2. The van der Waals surface area contributed by atoms with Gasteiger partial charge in [0.05, 0.1) is 5.39 Å². The van der Waals surface area contributed by atoms with Gasteiger partial charge in [-0.3, -0.25) is 0 Å². The normalized spacial score (nSPS) is 11.0. The van der Waals surface area contributed by atoms with Gasteiger partial charge in [-0.25, -0.2) is 9.37 Å². The van der Waals surface area contributed by atoms with Crippen molar-refractivity contribution < 1.29 is 4.39 Å². The van der Waals surface area contributed by atoms with E-state index in [0.29, 0.717) is 17.1 Å². The molecule has 0 radical (unpaired) electrons. The standard InChI is InChI=1S/C14H11ClFN3S/c1-7-6-9-12(18-14(15)19-13(9)20-7)17-11-5-3-4-10(16)8(11)2/h3-6H,1-2H3,(H,17,18,19). The third kappa shape index (κ3) is 2.34. The molecule has 102 valence electrons.